The molecule has 2 heterocycles. The second-order valence-corrected chi connectivity index (χ2v) is 6.98. The number of carboxylic acids is 1. The number of nitriles is 1. The van der Waals surface area contributed by atoms with Crippen molar-refractivity contribution < 1.29 is 14.8 Å². The van der Waals surface area contributed by atoms with Crippen LogP contribution in [0, 0.1) is 11.3 Å². The molecule has 0 aliphatic carbocycles. The van der Waals surface area contributed by atoms with E-state index in [0.717, 1.165) is 35.5 Å². The minimum absolute atomic E-state index is 0.247. The molecule has 0 spiro atoms. The van der Waals surface area contributed by atoms with Crippen molar-refractivity contribution in [2.75, 3.05) is 13.1 Å². The minimum atomic E-state index is -1.16. The summed E-state index contributed by atoms with van der Waals surface area (Å²) in [5.74, 6) is -1.16. The van der Waals surface area contributed by atoms with Crippen LogP contribution in [-0.4, -0.2) is 24.0 Å². The highest BCUT2D eigenvalue weighted by Gasteiger charge is 2.28. The van der Waals surface area contributed by atoms with E-state index in [1.165, 1.54) is 4.90 Å². The van der Waals surface area contributed by atoms with Crippen LogP contribution in [-0.2, 0) is 6.54 Å². The van der Waals surface area contributed by atoms with Crippen molar-refractivity contribution in [3.8, 4) is 6.07 Å². The van der Waals surface area contributed by atoms with Crippen molar-refractivity contribution in [2.45, 2.75) is 13.5 Å². The molecule has 3 aromatic rings. The molecule has 0 fully saturated rings. The minimum Gasteiger partial charge on any atom is -0.545 e. The van der Waals surface area contributed by atoms with E-state index < -0.39 is 5.97 Å². The maximum atomic E-state index is 12.0. The van der Waals surface area contributed by atoms with Crippen molar-refractivity contribution in [3.63, 3.8) is 0 Å². The van der Waals surface area contributed by atoms with Crippen LogP contribution in [0.5, 0.6) is 0 Å². The molecule has 1 N–H and O–H groups in total. The lowest BCUT2D eigenvalue weighted by Crippen LogP contribution is -3.11. The second-order valence-electron chi connectivity index (χ2n) is 6.98. The molecule has 5 nitrogen and oxygen atoms in total. The zero-order chi connectivity index (χ0) is 19.7. The van der Waals surface area contributed by atoms with Gasteiger partial charge in [0.05, 0.1) is 35.4 Å². The van der Waals surface area contributed by atoms with Crippen LogP contribution >= 0.6 is 0 Å². The first-order valence-corrected chi connectivity index (χ1v) is 9.28. The first-order chi connectivity index (χ1) is 13.6. The van der Waals surface area contributed by atoms with Crippen LogP contribution in [0.2, 0.25) is 0 Å². The van der Waals surface area contributed by atoms with Gasteiger partial charge >= 0.3 is 0 Å². The van der Waals surface area contributed by atoms with Crippen molar-refractivity contribution in [1.29, 1.82) is 5.26 Å². The van der Waals surface area contributed by atoms with Crippen LogP contribution in [0.25, 0.3) is 22.6 Å². The number of hydrogen-bond donors (Lipinski definition) is 1. The van der Waals surface area contributed by atoms with E-state index in [-0.39, 0.29) is 5.56 Å². The maximum Gasteiger partial charge on any atom is 0.106 e. The van der Waals surface area contributed by atoms with Crippen LogP contribution in [0.15, 0.2) is 48.5 Å². The smallest absolute Gasteiger partial charge is 0.106 e. The number of likely N-dealkylation sites (N-methyl/N-ethyl adjacent to an activating group) is 1. The van der Waals surface area contributed by atoms with Gasteiger partial charge in [-0.15, -0.1) is 0 Å². The molecule has 4 rings (SSSR count). The van der Waals surface area contributed by atoms with E-state index >= 15 is 0 Å². The Bertz CT molecular complexity index is 1140. The zero-order valence-electron chi connectivity index (χ0n) is 15.5. The third-order valence-electron chi connectivity index (χ3n) is 5.25. The molecule has 1 aliphatic rings. The number of pyridine rings is 1. The summed E-state index contributed by atoms with van der Waals surface area (Å²) in [6.45, 7) is 4.34. The topological polar surface area (TPSA) is 81.2 Å². The maximum absolute atomic E-state index is 12.0. The summed E-state index contributed by atoms with van der Waals surface area (Å²) in [5, 5.41) is 21.6. The molecule has 0 amide bonds. The normalized spacial score (nSPS) is 17.3. The lowest BCUT2D eigenvalue weighted by atomic mass is 9.92. The number of benzene rings is 2. The number of aromatic nitrogens is 1. The summed E-state index contributed by atoms with van der Waals surface area (Å²) < 4.78 is 0. The summed E-state index contributed by atoms with van der Waals surface area (Å²) in [5.41, 5.74) is 4.94. The zero-order valence-corrected chi connectivity index (χ0v) is 15.5. The molecule has 5 heteroatoms. The van der Waals surface area contributed by atoms with Gasteiger partial charge in [-0.3, -0.25) is 0 Å². The van der Waals surface area contributed by atoms with Crippen molar-refractivity contribution >= 4 is 28.5 Å². The largest absolute Gasteiger partial charge is 0.545 e. The van der Waals surface area contributed by atoms with Crippen molar-refractivity contribution in [1.82, 2.24) is 4.98 Å². The standard InChI is InChI=1S/C23H19N3O2/c1-2-26-13-17(11-15-7-9-16(12-24)10-8-15)22-19(14-26)21(23(27)28)18-5-3-4-6-20(18)25-22/h3-11H,2,13-14H2,1H3,(H,27,28)/b17-11+. The fourth-order valence-electron chi connectivity index (χ4n) is 3.81. The number of nitrogens with one attached hydrogen (secondary N) is 1. The van der Waals surface area contributed by atoms with Crippen LogP contribution < -0.4 is 10.0 Å². The van der Waals surface area contributed by atoms with Gasteiger partial charge < -0.3 is 14.8 Å². The lowest BCUT2D eigenvalue weighted by molar-refractivity contribution is -0.905. The van der Waals surface area contributed by atoms with Crippen LogP contribution in [0.1, 0.15) is 39.7 Å². The molecule has 138 valence electrons. The predicted octanol–water partition coefficient (Wildman–Crippen LogP) is 1.43. The Kier molecular flexibility index (Phi) is 4.64. The Morgan fingerprint density at radius 2 is 1.96 bits per heavy atom. The number of nitrogens with zero attached hydrogens (tertiary/aromatic N) is 2. The van der Waals surface area contributed by atoms with E-state index in [9.17, 15) is 9.90 Å². The van der Waals surface area contributed by atoms with E-state index in [1.54, 1.807) is 18.2 Å². The molecule has 1 aliphatic heterocycles. The average molecular weight is 369 g/mol. The van der Waals surface area contributed by atoms with Gasteiger partial charge in [-0.05, 0) is 36.8 Å². The third-order valence-corrected chi connectivity index (χ3v) is 5.25. The predicted molar refractivity (Wildman–Crippen MR) is 105 cm³/mol. The Hall–Kier alpha value is -3.49. The first-order valence-electron chi connectivity index (χ1n) is 9.28. The Labute approximate surface area is 163 Å². The number of quaternary nitrogens is 1. The quantitative estimate of drug-likeness (QED) is 0.757. The monoisotopic (exact) mass is 369 g/mol. The van der Waals surface area contributed by atoms with Gasteiger partial charge in [0.15, 0.2) is 0 Å². The average Bonchev–Trinajstić information content (AvgIpc) is 2.72. The SMILES string of the molecule is CC[NH+]1C/C(=C\c2ccc(C#N)cc2)c2nc3ccccc3c(C(=O)[O-])c2C1. The summed E-state index contributed by atoms with van der Waals surface area (Å²) in [7, 11) is 0. The number of fused-ring (bicyclic) bond motifs is 2. The number of carboxylic acid groups (broad SMARTS) is 1. The first kappa shape index (κ1) is 17.9. The van der Waals surface area contributed by atoms with Gasteiger partial charge in [-0.25, -0.2) is 4.98 Å². The molecular weight excluding hydrogens is 350 g/mol. The number of aromatic carboxylic acids is 1. The second kappa shape index (κ2) is 7.26. The molecular formula is C23H19N3O2. The molecule has 0 bridgehead atoms. The van der Waals surface area contributed by atoms with Crippen LogP contribution in [0.3, 0.4) is 0 Å². The molecule has 0 saturated heterocycles. The van der Waals surface area contributed by atoms with Gasteiger partial charge in [-0.2, -0.15) is 5.26 Å². The van der Waals surface area contributed by atoms with Crippen molar-refractivity contribution in [2.24, 2.45) is 0 Å². The van der Waals surface area contributed by atoms with Gasteiger partial charge in [0.1, 0.15) is 13.1 Å². The lowest BCUT2D eigenvalue weighted by Gasteiger charge is -2.29. The van der Waals surface area contributed by atoms with E-state index in [1.807, 2.05) is 36.4 Å². The molecule has 0 radical (unpaired) electrons. The molecule has 28 heavy (non-hydrogen) atoms. The highest BCUT2D eigenvalue weighted by molar-refractivity contribution is 6.05. The number of hydrogen-bond acceptors (Lipinski definition) is 4. The number of para-hydroxylation sites is 1. The molecule has 1 atom stereocenters. The Balaban J connectivity index is 1.95. The molecule has 0 saturated carbocycles. The summed E-state index contributed by atoms with van der Waals surface area (Å²) >= 11 is 0. The summed E-state index contributed by atoms with van der Waals surface area (Å²) in [4.78, 5) is 18.1. The Morgan fingerprint density at radius 3 is 2.64 bits per heavy atom. The van der Waals surface area contributed by atoms with Crippen molar-refractivity contribution in [3.05, 3.63) is 76.5 Å². The van der Waals surface area contributed by atoms with E-state index in [0.29, 0.717) is 23.0 Å². The highest BCUT2D eigenvalue weighted by Crippen LogP contribution is 2.29. The van der Waals surface area contributed by atoms with Crippen LogP contribution in [0.4, 0.5) is 0 Å². The fraction of sp³-hybridized carbons (Fsp3) is 0.174. The summed E-state index contributed by atoms with van der Waals surface area (Å²) in [6, 6.07) is 16.8. The number of carbonyl (C=O) groups is 1. The fourth-order valence-corrected chi connectivity index (χ4v) is 3.81. The molecule has 1 unspecified atom stereocenters. The van der Waals surface area contributed by atoms with Gasteiger partial charge in [0.25, 0.3) is 0 Å². The Morgan fingerprint density at radius 1 is 1.21 bits per heavy atom. The highest BCUT2D eigenvalue weighted by atomic mass is 16.4. The van der Waals surface area contributed by atoms with Gasteiger partial charge in [0.2, 0.25) is 0 Å². The molecule has 2 aromatic carbocycles. The van der Waals surface area contributed by atoms with Gasteiger partial charge in [-0.1, -0.05) is 30.3 Å². The summed E-state index contributed by atoms with van der Waals surface area (Å²) in [6.07, 6.45) is 2.04. The number of rotatable bonds is 3. The van der Waals surface area contributed by atoms with E-state index in [2.05, 4.69) is 13.0 Å². The molecule has 1 aromatic heterocycles. The van der Waals surface area contributed by atoms with E-state index in [4.69, 9.17) is 10.2 Å². The van der Waals surface area contributed by atoms with Gasteiger partial charge in [0, 0.05) is 22.1 Å². The third kappa shape index (κ3) is 3.15. The number of carbonyl (C=O) groups excluding carboxylic acids is 1.